The van der Waals surface area contributed by atoms with Gasteiger partial charge in [-0.2, -0.15) is 4.98 Å². The summed E-state index contributed by atoms with van der Waals surface area (Å²) in [6.45, 7) is 9.97. The number of aryl methyl sites for hydroxylation is 1. The summed E-state index contributed by atoms with van der Waals surface area (Å²) in [4.78, 5) is 19.4. The van der Waals surface area contributed by atoms with Gasteiger partial charge in [-0.15, -0.1) is 0 Å². The molecule has 0 amide bonds. The third-order valence-corrected chi connectivity index (χ3v) is 3.16. The lowest BCUT2D eigenvalue weighted by molar-refractivity contribution is -0.385. The molecular formula is C17H23N5O3. The SMILES string of the molecule is CCOc1ccc(Nc2nc(NC(C)(C)C)nc(C)c2[N+](=O)[O-])cc1. The number of rotatable bonds is 6. The summed E-state index contributed by atoms with van der Waals surface area (Å²) in [7, 11) is 0. The van der Waals surface area contributed by atoms with Crippen molar-refractivity contribution < 1.29 is 9.66 Å². The fourth-order valence-corrected chi connectivity index (χ4v) is 2.20. The quantitative estimate of drug-likeness (QED) is 0.601. The summed E-state index contributed by atoms with van der Waals surface area (Å²) in [5.74, 6) is 1.22. The molecule has 8 nitrogen and oxygen atoms in total. The highest BCUT2D eigenvalue weighted by molar-refractivity contribution is 5.68. The van der Waals surface area contributed by atoms with Crippen LogP contribution in [0.4, 0.5) is 23.1 Å². The molecule has 0 bridgehead atoms. The molecule has 0 aliphatic carbocycles. The van der Waals surface area contributed by atoms with Crippen molar-refractivity contribution in [3.63, 3.8) is 0 Å². The van der Waals surface area contributed by atoms with E-state index in [-0.39, 0.29) is 17.0 Å². The van der Waals surface area contributed by atoms with E-state index < -0.39 is 4.92 Å². The van der Waals surface area contributed by atoms with Crippen molar-refractivity contribution in [2.75, 3.05) is 17.2 Å². The Morgan fingerprint density at radius 1 is 1.20 bits per heavy atom. The molecule has 2 N–H and O–H groups in total. The molecular weight excluding hydrogens is 322 g/mol. The molecule has 0 unspecified atom stereocenters. The highest BCUT2D eigenvalue weighted by Crippen LogP contribution is 2.30. The number of hydrogen-bond donors (Lipinski definition) is 2. The van der Waals surface area contributed by atoms with Crippen LogP contribution < -0.4 is 15.4 Å². The van der Waals surface area contributed by atoms with Gasteiger partial charge in [0, 0.05) is 11.2 Å². The van der Waals surface area contributed by atoms with Crippen molar-refractivity contribution in [3.8, 4) is 5.75 Å². The summed E-state index contributed by atoms with van der Waals surface area (Å²) in [5.41, 5.74) is 0.554. The summed E-state index contributed by atoms with van der Waals surface area (Å²) in [6, 6.07) is 7.14. The predicted octanol–water partition coefficient (Wildman–Crippen LogP) is 4.05. The number of nitro groups is 1. The predicted molar refractivity (Wildman–Crippen MR) is 97.7 cm³/mol. The van der Waals surface area contributed by atoms with E-state index >= 15 is 0 Å². The topological polar surface area (TPSA) is 102 Å². The Bertz CT molecular complexity index is 754. The molecule has 0 aliphatic heterocycles. The summed E-state index contributed by atoms with van der Waals surface area (Å²) < 4.78 is 5.39. The van der Waals surface area contributed by atoms with Crippen LogP contribution in [0.3, 0.4) is 0 Å². The van der Waals surface area contributed by atoms with Gasteiger partial charge in [0.2, 0.25) is 11.8 Å². The second-order valence-corrected chi connectivity index (χ2v) is 6.54. The zero-order valence-corrected chi connectivity index (χ0v) is 15.1. The van der Waals surface area contributed by atoms with E-state index in [9.17, 15) is 10.1 Å². The monoisotopic (exact) mass is 345 g/mol. The first-order valence-corrected chi connectivity index (χ1v) is 8.00. The lowest BCUT2D eigenvalue weighted by Gasteiger charge is -2.21. The molecule has 0 aliphatic rings. The van der Waals surface area contributed by atoms with E-state index in [1.807, 2.05) is 27.7 Å². The fourth-order valence-electron chi connectivity index (χ4n) is 2.20. The largest absolute Gasteiger partial charge is 0.494 e. The van der Waals surface area contributed by atoms with Crippen LogP contribution in [0, 0.1) is 17.0 Å². The maximum atomic E-state index is 11.4. The van der Waals surface area contributed by atoms with Crippen molar-refractivity contribution in [2.24, 2.45) is 0 Å². The smallest absolute Gasteiger partial charge is 0.332 e. The minimum Gasteiger partial charge on any atom is -0.494 e. The van der Waals surface area contributed by atoms with Gasteiger partial charge >= 0.3 is 5.69 Å². The molecule has 1 aromatic heterocycles. The number of nitrogens with zero attached hydrogens (tertiary/aromatic N) is 3. The van der Waals surface area contributed by atoms with Gasteiger partial charge in [0.05, 0.1) is 11.5 Å². The molecule has 8 heteroatoms. The van der Waals surface area contributed by atoms with Gasteiger partial charge in [-0.3, -0.25) is 10.1 Å². The zero-order chi connectivity index (χ0) is 18.6. The van der Waals surface area contributed by atoms with Crippen LogP contribution in [0.5, 0.6) is 5.75 Å². The first-order chi connectivity index (χ1) is 11.7. The molecule has 25 heavy (non-hydrogen) atoms. The third kappa shape index (κ3) is 5.03. The number of nitrogens with one attached hydrogen (secondary N) is 2. The molecule has 1 heterocycles. The van der Waals surface area contributed by atoms with Gasteiger partial charge in [-0.1, -0.05) is 0 Å². The van der Waals surface area contributed by atoms with Gasteiger partial charge in [0.25, 0.3) is 0 Å². The summed E-state index contributed by atoms with van der Waals surface area (Å²) in [5, 5.41) is 17.6. The van der Waals surface area contributed by atoms with Gasteiger partial charge in [0.15, 0.2) is 0 Å². The number of anilines is 3. The van der Waals surface area contributed by atoms with Crippen LogP contribution in [0.2, 0.25) is 0 Å². The third-order valence-electron chi connectivity index (χ3n) is 3.16. The molecule has 0 saturated heterocycles. The Labute approximate surface area is 146 Å². The minimum absolute atomic E-state index is 0.145. The van der Waals surface area contributed by atoms with E-state index in [1.165, 1.54) is 0 Å². The molecule has 1 aromatic carbocycles. The number of aromatic nitrogens is 2. The van der Waals surface area contributed by atoms with Crippen LogP contribution in [0.15, 0.2) is 24.3 Å². The van der Waals surface area contributed by atoms with E-state index in [2.05, 4.69) is 20.6 Å². The van der Waals surface area contributed by atoms with Crippen LogP contribution in [-0.4, -0.2) is 27.0 Å². The van der Waals surface area contributed by atoms with Crippen molar-refractivity contribution in [1.82, 2.24) is 9.97 Å². The van der Waals surface area contributed by atoms with Crippen molar-refractivity contribution in [3.05, 3.63) is 40.1 Å². The average molecular weight is 345 g/mol. The number of hydrogen-bond acceptors (Lipinski definition) is 7. The second-order valence-electron chi connectivity index (χ2n) is 6.54. The van der Waals surface area contributed by atoms with Gasteiger partial charge < -0.3 is 15.4 Å². The van der Waals surface area contributed by atoms with E-state index in [1.54, 1.807) is 31.2 Å². The standard InChI is InChI=1S/C17H23N5O3/c1-6-25-13-9-7-12(8-10-13)19-15-14(22(23)24)11(2)18-16(20-15)21-17(3,4)5/h7-10H,6H2,1-5H3,(H2,18,19,20,21). The van der Waals surface area contributed by atoms with Crippen molar-refractivity contribution in [2.45, 2.75) is 40.2 Å². The van der Waals surface area contributed by atoms with Crippen LogP contribution in [0.25, 0.3) is 0 Å². The molecule has 2 aromatic rings. The summed E-state index contributed by atoms with van der Waals surface area (Å²) >= 11 is 0. The van der Waals surface area contributed by atoms with Crippen LogP contribution >= 0.6 is 0 Å². The lowest BCUT2D eigenvalue weighted by atomic mass is 10.1. The second kappa shape index (κ2) is 7.33. The Kier molecular flexibility index (Phi) is 5.41. The van der Waals surface area contributed by atoms with Gasteiger partial charge in [-0.05, 0) is 58.9 Å². The van der Waals surface area contributed by atoms with E-state index in [0.717, 1.165) is 5.75 Å². The normalized spacial score (nSPS) is 11.1. The molecule has 2 rings (SSSR count). The Hall–Kier alpha value is -2.90. The maximum Gasteiger partial charge on any atom is 0.332 e. The average Bonchev–Trinajstić information content (AvgIpc) is 2.47. The number of benzene rings is 1. The van der Waals surface area contributed by atoms with E-state index in [0.29, 0.717) is 23.9 Å². The first kappa shape index (κ1) is 18.4. The molecule has 0 radical (unpaired) electrons. The molecule has 134 valence electrons. The molecule has 0 fully saturated rings. The first-order valence-electron chi connectivity index (χ1n) is 8.00. The molecule has 0 spiro atoms. The Morgan fingerprint density at radius 2 is 1.84 bits per heavy atom. The van der Waals surface area contributed by atoms with Crippen LogP contribution in [0.1, 0.15) is 33.4 Å². The van der Waals surface area contributed by atoms with Gasteiger partial charge in [0.1, 0.15) is 11.4 Å². The zero-order valence-electron chi connectivity index (χ0n) is 15.1. The number of ether oxygens (including phenoxy) is 1. The lowest BCUT2D eigenvalue weighted by Crippen LogP contribution is -2.27. The molecule has 0 saturated carbocycles. The highest BCUT2D eigenvalue weighted by atomic mass is 16.6. The Morgan fingerprint density at radius 3 is 2.36 bits per heavy atom. The Balaban J connectivity index is 2.37. The molecule has 0 atom stereocenters. The highest BCUT2D eigenvalue weighted by Gasteiger charge is 2.23. The summed E-state index contributed by atoms with van der Waals surface area (Å²) in [6.07, 6.45) is 0. The fraction of sp³-hybridized carbons (Fsp3) is 0.412. The minimum atomic E-state index is -0.479. The van der Waals surface area contributed by atoms with Crippen molar-refractivity contribution in [1.29, 1.82) is 0 Å². The maximum absolute atomic E-state index is 11.4. The van der Waals surface area contributed by atoms with Gasteiger partial charge in [-0.25, -0.2) is 4.98 Å². The van der Waals surface area contributed by atoms with Crippen molar-refractivity contribution >= 4 is 23.1 Å². The van der Waals surface area contributed by atoms with E-state index in [4.69, 9.17) is 4.74 Å². The van der Waals surface area contributed by atoms with Crippen LogP contribution in [-0.2, 0) is 0 Å².